The van der Waals surface area contributed by atoms with E-state index in [2.05, 4.69) is 26.6 Å². The number of anilines is 1. The molecule has 1 aromatic rings. The Morgan fingerprint density at radius 3 is 3.00 bits per heavy atom. The van der Waals surface area contributed by atoms with Crippen molar-refractivity contribution in [2.24, 2.45) is 5.92 Å². The largest absolute Gasteiger partial charge is 0.325 e. The molecular formula is C13H16BrClN2O. The molecule has 1 heterocycles. The Bertz CT molecular complexity index is 459. The minimum Gasteiger partial charge on any atom is -0.325 e. The predicted molar refractivity (Wildman–Crippen MR) is 78.1 cm³/mol. The minimum absolute atomic E-state index is 0.0470. The van der Waals surface area contributed by atoms with Gasteiger partial charge in [-0.15, -0.1) is 0 Å². The fourth-order valence-corrected chi connectivity index (χ4v) is 2.77. The van der Waals surface area contributed by atoms with Gasteiger partial charge in [0, 0.05) is 16.0 Å². The summed E-state index contributed by atoms with van der Waals surface area (Å²) in [5, 5.41) is 6.84. The van der Waals surface area contributed by atoms with Gasteiger partial charge < -0.3 is 10.6 Å². The van der Waals surface area contributed by atoms with E-state index in [-0.39, 0.29) is 11.8 Å². The lowest BCUT2D eigenvalue weighted by Gasteiger charge is -2.22. The van der Waals surface area contributed by atoms with Crippen LogP contribution in [-0.2, 0) is 4.79 Å². The van der Waals surface area contributed by atoms with Crippen molar-refractivity contribution in [3.8, 4) is 0 Å². The molecule has 0 bridgehead atoms. The third kappa shape index (κ3) is 3.25. The van der Waals surface area contributed by atoms with Crippen LogP contribution < -0.4 is 10.6 Å². The fourth-order valence-electron chi connectivity index (χ4n) is 2.05. The normalized spacial score (nSPS) is 19.6. The fraction of sp³-hybridized carbons (Fsp3) is 0.462. The first-order valence-corrected chi connectivity index (χ1v) is 7.22. The third-order valence-corrected chi connectivity index (χ3v) is 4.24. The van der Waals surface area contributed by atoms with Gasteiger partial charge in [0.15, 0.2) is 0 Å². The second kappa shape index (κ2) is 6.04. The van der Waals surface area contributed by atoms with E-state index in [1.807, 2.05) is 13.0 Å². The van der Waals surface area contributed by atoms with Crippen LogP contribution in [0.1, 0.15) is 18.4 Å². The first-order valence-electron chi connectivity index (χ1n) is 6.05. The van der Waals surface area contributed by atoms with Gasteiger partial charge in [0.25, 0.3) is 0 Å². The molecule has 1 aliphatic heterocycles. The van der Waals surface area contributed by atoms with Gasteiger partial charge in [0.05, 0.1) is 11.6 Å². The van der Waals surface area contributed by atoms with E-state index >= 15 is 0 Å². The van der Waals surface area contributed by atoms with Crippen LogP contribution in [0.4, 0.5) is 5.69 Å². The molecule has 18 heavy (non-hydrogen) atoms. The Morgan fingerprint density at radius 1 is 1.56 bits per heavy atom. The molecule has 0 radical (unpaired) electrons. The Labute approximate surface area is 120 Å². The molecule has 98 valence electrons. The number of aryl methyl sites for hydroxylation is 1. The lowest BCUT2D eigenvalue weighted by atomic mass is 9.99. The summed E-state index contributed by atoms with van der Waals surface area (Å²) in [5.74, 6) is 0.105. The number of benzene rings is 1. The number of nitrogens with one attached hydrogen (secondary N) is 2. The highest BCUT2D eigenvalue weighted by Crippen LogP contribution is 2.29. The first-order chi connectivity index (χ1) is 8.58. The molecule has 5 heteroatoms. The van der Waals surface area contributed by atoms with Crippen molar-refractivity contribution in [2.45, 2.75) is 19.8 Å². The average molecular weight is 332 g/mol. The van der Waals surface area contributed by atoms with E-state index in [1.165, 1.54) is 0 Å². The van der Waals surface area contributed by atoms with E-state index in [9.17, 15) is 4.79 Å². The van der Waals surface area contributed by atoms with Gasteiger partial charge in [-0.05, 0) is 59.9 Å². The first kappa shape index (κ1) is 13.8. The van der Waals surface area contributed by atoms with Crippen LogP contribution in [0.5, 0.6) is 0 Å². The lowest BCUT2D eigenvalue weighted by Crippen LogP contribution is -2.37. The number of halogens is 2. The van der Waals surface area contributed by atoms with Crippen LogP contribution in [0.3, 0.4) is 0 Å². The molecule has 1 saturated heterocycles. The summed E-state index contributed by atoms with van der Waals surface area (Å²) in [7, 11) is 0. The van der Waals surface area contributed by atoms with Gasteiger partial charge in [-0.25, -0.2) is 0 Å². The zero-order valence-corrected chi connectivity index (χ0v) is 12.6. The van der Waals surface area contributed by atoms with Gasteiger partial charge in [0.2, 0.25) is 5.91 Å². The number of carbonyl (C=O) groups excluding carboxylic acids is 1. The number of piperidine rings is 1. The van der Waals surface area contributed by atoms with E-state index < -0.39 is 0 Å². The van der Waals surface area contributed by atoms with Gasteiger partial charge in [-0.2, -0.15) is 0 Å². The van der Waals surface area contributed by atoms with E-state index in [4.69, 9.17) is 11.6 Å². The lowest BCUT2D eigenvalue weighted by molar-refractivity contribution is -0.120. The molecule has 1 aromatic carbocycles. The number of carbonyl (C=O) groups is 1. The maximum absolute atomic E-state index is 12.1. The van der Waals surface area contributed by atoms with Crippen molar-refractivity contribution in [1.29, 1.82) is 0 Å². The Morgan fingerprint density at radius 2 is 2.33 bits per heavy atom. The average Bonchev–Trinajstić information content (AvgIpc) is 2.37. The van der Waals surface area contributed by atoms with Crippen molar-refractivity contribution in [3.63, 3.8) is 0 Å². The van der Waals surface area contributed by atoms with Crippen molar-refractivity contribution < 1.29 is 4.79 Å². The molecule has 0 aromatic heterocycles. The molecule has 1 atom stereocenters. The summed E-state index contributed by atoms with van der Waals surface area (Å²) < 4.78 is 0.863. The van der Waals surface area contributed by atoms with E-state index in [0.29, 0.717) is 5.02 Å². The zero-order chi connectivity index (χ0) is 13.1. The molecule has 0 aliphatic carbocycles. The highest BCUT2D eigenvalue weighted by Gasteiger charge is 2.21. The maximum Gasteiger partial charge on any atom is 0.228 e. The molecule has 2 rings (SSSR count). The Balaban J connectivity index is 2.08. The number of rotatable bonds is 2. The summed E-state index contributed by atoms with van der Waals surface area (Å²) >= 11 is 9.52. The maximum atomic E-state index is 12.1. The monoisotopic (exact) mass is 330 g/mol. The molecule has 1 fully saturated rings. The SMILES string of the molecule is Cc1cc(Br)c(NC(=O)[C@H]2CCCNC2)cc1Cl. The van der Waals surface area contributed by atoms with Crippen LogP contribution >= 0.6 is 27.5 Å². The van der Waals surface area contributed by atoms with Crippen molar-refractivity contribution >= 4 is 39.1 Å². The van der Waals surface area contributed by atoms with Crippen molar-refractivity contribution in [1.82, 2.24) is 5.32 Å². The number of hydrogen-bond acceptors (Lipinski definition) is 2. The minimum atomic E-state index is 0.0470. The van der Waals surface area contributed by atoms with Gasteiger partial charge in [0.1, 0.15) is 0 Å². The molecule has 0 spiro atoms. The Hall–Kier alpha value is -0.580. The van der Waals surface area contributed by atoms with Crippen LogP contribution in [-0.4, -0.2) is 19.0 Å². The van der Waals surface area contributed by atoms with Crippen LogP contribution in [0, 0.1) is 12.8 Å². The highest BCUT2D eigenvalue weighted by atomic mass is 79.9. The Kier molecular flexibility index (Phi) is 4.65. The molecule has 3 nitrogen and oxygen atoms in total. The summed E-state index contributed by atoms with van der Waals surface area (Å²) in [5.41, 5.74) is 1.72. The molecule has 2 N–H and O–H groups in total. The summed E-state index contributed by atoms with van der Waals surface area (Å²) in [6, 6.07) is 3.70. The van der Waals surface area contributed by atoms with E-state index in [0.717, 1.165) is 41.7 Å². The van der Waals surface area contributed by atoms with Gasteiger partial charge >= 0.3 is 0 Å². The highest BCUT2D eigenvalue weighted by molar-refractivity contribution is 9.10. The molecule has 1 aliphatic rings. The van der Waals surface area contributed by atoms with Crippen LogP contribution in [0.2, 0.25) is 5.02 Å². The number of amides is 1. The molecular weight excluding hydrogens is 316 g/mol. The number of hydrogen-bond donors (Lipinski definition) is 2. The van der Waals surface area contributed by atoms with Gasteiger partial charge in [-0.3, -0.25) is 4.79 Å². The quantitative estimate of drug-likeness (QED) is 0.872. The van der Waals surface area contributed by atoms with Crippen LogP contribution in [0.15, 0.2) is 16.6 Å². The standard InChI is InChI=1S/C13H16BrClN2O/c1-8-5-10(14)12(6-11(8)15)17-13(18)9-3-2-4-16-7-9/h5-6,9,16H,2-4,7H2,1H3,(H,17,18)/t9-/m0/s1. The van der Waals surface area contributed by atoms with Crippen molar-refractivity contribution in [3.05, 3.63) is 27.2 Å². The molecule has 0 saturated carbocycles. The third-order valence-electron chi connectivity index (χ3n) is 3.17. The summed E-state index contributed by atoms with van der Waals surface area (Å²) in [4.78, 5) is 12.1. The van der Waals surface area contributed by atoms with Crippen LogP contribution in [0.25, 0.3) is 0 Å². The van der Waals surface area contributed by atoms with Gasteiger partial charge in [-0.1, -0.05) is 11.6 Å². The smallest absolute Gasteiger partial charge is 0.228 e. The topological polar surface area (TPSA) is 41.1 Å². The second-order valence-corrected chi connectivity index (χ2v) is 5.88. The molecule has 1 amide bonds. The second-order valence-electron chi connectivity index (χ2n) is 4.61. The summed E-state index contributed by atoms with van der Waals surface area (Å²) in [6.07, 6.45) is 1.99. The predicted octanol–water partition coefficient (Wildman–Crippen LogP) is 3.35. The van der Waals surface area contributed by atoms with E-state index in [1.54, 1.807) is 6.07 Å². The molecule has 0 unspecified atom stereocenters. The van der Waals surface area contributed by atoms with Crippen molar-refractivity contribution in [2.75, 3.05) is 18.4 Å². The zero-order valence-electron chi connectivity index (χ0n) is 10.2. The summed E-state index contributed by atoms with van der Waals surface area (Å²) in [6.45, 7) is 3.69.